The van der Waals surface area contributed by atoms with Gasteiger partial charge in [-0.15, -0.1) is 0 Å². The minimum absolute atomic E-state index is 0.0283. The summed E-state index contributed by atoms with van der Waals surface area (Å²) in [4.78, 5) is 28.9. The van der Waals surface area contributed by atoms with E-state index >= 15 is 0 Å². The molecule has 0 N–H and O–H groups in total. The number of benzene rings is 1. The fraction of sp³-hybridized carbons (Fsp3) is 0.500. The molecule has 0 spiro atoms. The summed E-state index contributed by atoms with van der Waals surface area (Å²) in [7, 11) is 5.27. The number of nitrogens with zero attached hydrogens (tertiary/aromatic N) is 3. The van der Waals surface area contributed by atoms with Gasteiger partial charge in [-0.05, 0) is 54.5 Å². The number of hydrogen-bond acceptors (Lipinski definition) is 3. The quantitative estimate of drug-likeness (QED) is 0.648. The van der Waals surface area contributed by atoms with Crippen molar-refractivity contribution in [2.45, 2.75) is 31.7 Å². The third-order valence-corrected chi connectivity index (χ3v) is 6.20. The zero-order valence-electron chi connectivity index (χ0n) is 18.6. The molecule has 0 radical (unpaired) electrons. The fourth-order valence-corrected chi connectivity index (χ4v) is 4.38. The number of carbonyl (C=O) groups excluding carboxylic acids is 2. The van der Waals surface area contributed by atoms with Gasteiger partial charge in [0.15, 0.2) is 0 Å². The van der Waals surface area contributed by atoms with Crippen LogP contribution in [0.4, 0.5) is 4.39 Å². The molecule has 2 amide bonds. The highest BCUT2D eigenvalue weighted by atomic mass is 19.1. The summed E-state index contributed by atoms with van der Waals surface area (Å²) in [5, 5.41) is 0. The Hall–Kier alpha value is -2.67. The van der Waals surface area contributed by atoms with Gasteiger partial charge < -0.3 is 19.1 Å². The number of ether oxygens (including phenoxy) is 1. The van der Waals surface area contributed by atoms with Crippen LogP contribution < -0.4 is 0 Å². The molecule has 1 fully saturated rings. The van der Waals surface area contributed by atoms with Crippen molar-refractivity contribution in [3.63, 3.8) is 0 Å². The molecule has 3 rings (SSSR count). The molecule has 1 aromatic heterocycles. The number of amides is 2. The second-order valence-corrected chi connectivity index (χ2v) is 8.42. The first-order valence-corrected chi connectivity index (χ1v) is 10.7. The van der Waals surface area contributed by atoms with E-state index in [4.69, 9.17) is 4.74 Å². The molecule has 1 aliphatic heterocycles. The van der Waals surface area contributed by atoms with Crippen LogP contribution in [0.1, 0.15) is 24.0 Å². The Balaban J connectivity index is 1.64. The summed E-state index contributed by atoms with van der Waals surface area (Å²) in [6.07, 6.45) is 6.64. The van der Waals surface area contributed by atoms with Gasteiger partial charge in [-0.25, -0.2) is 4.39 Å². The molecule has 1 aliphatic rings. The van der Waals surface area contributed by atoms with E-state index in [1.54, 1.807) is 17.0 Å². The van der Waals surface area contributed by atoms with Crippen LogP contribution in [-0.4, -0.2) is 66.1 Å². The largest absolute Gasteiger partial charge is 0.375 e. The Morgan fingerprint density at radius 3 is 2.42 bits per heavy atom. The first kappa shape index (κ1) is 23.0. The average Bonchev–Trinajstić information content (AvgIpc) is 3.17. The molecule has 1 aromatic carbocycles. The maximum atomic E-state index is 13.3. The lowest BCUT2D eigenvalue weighted by Crippen LogP contribution is -2.49. The molecule has 2 aromatic rings. The minimum Gasteiger partial charge on any atom is -0.375 e. The summed E-state index contributed by atoms with van der Waals surface area (Å²) in [5.74, 6) is 0.0618. The van der Waals surface area contributed by atoms with E-state index in [0.717, 1.165) is 24.0 Å². The molecule has 0 aliphatic carbocycles. The molecule has 0 bridgehead atoms. The number of aryl methyl sites for hydroxylation is 1. The Labute approximate surface area is 183 Å². The van der Waals surface area contributed by atoms with E-state index in [1.807, 2.05) is 42.0 Å². The SMILES string of the molecule is COCC(=O)N(C)C(Cc1ccc(F)cc1)C1CCN(C(=O)Cc2ccn(C)c2)CC1. The fourth-order valence-electron chi connectivity index (χ4n) is 4.38. The van der Waals surface area contributed by atoms with Crippen molar-refractivity contribution in [1.82, 2.24) is 14.4 Å². The van der Waals surface area contributed by atoms with Gasteiger partial charge in [-0.1, -0.05) is 12.1 Å². The Bertz CT molecular complexity index is 872. The van der Waals surface area contributed by atoms with Gasteiger partial charge in [0.2, 0.25) is 11.8 Å². The molecule has 31 heavy (non-hydrogen) atoms. The van der Waals surface area contributed by atoms with Gasteiger partial charge in [-0.2, -0.15) is 0 Å². The van der Waals surface area contributed by atoms with Gasteiger partial charge in [0.1, 0.15) is 12.4 Å². The van der Waals surface area contributed by atoms with Crippen molar-refractivity contribution >= 4 is 11.8 Å². The molecule has 1 saturated heterocycles. The lowest BCUT2D eigenvalue weighted by Gasteiger charge is -2.40. The van der Waals surface area contributed by atoms with Crippen molar-refractivity contribution in [2.75, 3.05) is 33.9 Å². The molecule has 0 saturated carbocycles. The minimum atomic E-state index is -0.269. The van der Waals surface area contributed by atoms with Crippen LogP contribution in [0.5, 0.6) is 0 Å². The number of methoxy groups -OCH3 is 1. The van der Waals surface area contributed by atoms with Crippen molar-refractivity contribution < 1.29 is 18.7 Å². The summed E-state index contributed by atoms with van der Waals surface area (Å²) in [6, 6.07) is 8.40. The lowest BCUT2D eigenvalue weighted by atomic mass is 9.84. The van der Waals surface area contributed by atoms with Crippen LogP contribution in [0.25, 0.3) is 0 Å². The Kier molecular flexibility index (Phi) is 7.85. The maximum absolute atomic E-state index is 13.3. The molecule has 7 heteroatoms. The van der Waals surface area contributed by atoms with Crippen molar-refractivity contribution in [3.8, 4) is 0 Å². The smallest absolute Gasteiger partial charge is 0.248 e. The third kappa shape index (κ3) is 6.17. The van der Waals surface area contributed by atoms with Crippen LogP contribution in [0.15, 0.2) is 42.7 Å². The number of carbonyl (C=O) groups is 2. The first-order valence-electron chi connectivity index (χ1n) is 10.7. The molecule has 1 atom stereocenters. The number of hydrogen-bond donors (Lipinski definition) is 0. The second kappa shape index (κ2) is 10.6. The number of likely N-dealkylation sites (tertiary alicyclic amines) is 1. The predicted octanol–water partition coefficient (Wildman–Crippen LogP) is 2.66. The normalized spacial score (nSPS) is 15.7. The number of likely N-dealkylation sites (N-methyl/N-ethyl adjacent to an activating group) is 1. The van der Waals surface area contributed by atoms with E-state index < -0.39 is 0 Å². The topological polar surface area (TPSA) is 54.8 Å². The highest BCUT2D eigenvalue weighted by Gasteiger charge is 2.32. The molecular weight excluding hydrogens is 397 g/mol. The van der Waals surface area contributed by atoms with Crippen molar-refractivity contribution in [3.05, 3.63) is 59.7 Å². The number of halogens is 1. The van der Waals surface area contributed by atoms with Crippen molar-refractivity contribution in [2.24, 2.45) is 13.0 Å². The Morgan fingerprint density at radius 2 is 1.84 bits per heavy atom. The van der Waals surface area contributed by atoms with Gasteiger partial charge in [0.05, 0.1) is 6.42 Å². The van der Waals surface area contributed by atoms with Crippen molar-refractivity contribution in [1.29, 1.82) is 0 Å². The Morgan fingerprint density at radius 1 is 1.16 bits per heavy atom. The molecule has 168 valence electrons. The second-order valence-electron chi connectivity index (χ2n) is 8.42. The standard InChI is InChI=1S/C24H32FN3O3/c1-26-11-8-19(16-26)15-23(29)28-12-9-20(10-13-28)22(27(2)24(30)17-31-3)14-18-4-6-21(25)7-5-18/h4-8,11,16,20,22H,9-10,12-15,17H2,1-3H3. The molecule has 6 nitrogen and oxygen atoms in total. The van der Waals surface area contributed by atoms with Gasteiger partial charge in [-0.3, -0.25) is 9.59 Å². The highest BCUT2D eigenvalue weighted by Crippen LogP contribution is 2.27. The maximum Gasteiger partial charge on any atom is 0.248 e. The number of rotatable bonds is 8. The van der Waals surface area contributed by atoms with E-state index in [2.05, 4.69) is 0 Å². The predicted molar refractivity (Wildman–Crippen MR) is 117 cm³/mol. The van der Waals surface area contributed by atoms with E-state index in [9.17, 15) is 14.0 Å². The average molecular weight is 430 g/mol. The molecule has 1 unspecified atom stereocenters. The van der Waals surface area contributed by atoms with Crippen LogP contribution in [0.3, 0.4) is 0 Å². The molecule has 2 heterocycles. The van der Waals surface area contributed by atoms with Gasteiger partial charge >= 0.3 is 0 Å². The zero-order valence-corrected chi connectivity index (χ0v) is 18.6. The zero-order chi connectivity index (χ0) is 22.4. The van der Waals surface area contributed by atoms with Gasteiger partial charge in [0, 0.05) is 52.7 Å². The number of piperidine rings is 1. The highest BCUT2D eigenvalue weighted by molar-refractivity contribution is 5.79. The van der Waals surface area contributed by atoms with Gasteiger partial charge in [0.25, 0.3) is 0 Å². The first-order chi connectivity index (χ1) is 14.9. The summed E-state index contributed by atoms with van der Waals surface area (Å²) >= 11 is 0. The summed E-state index contributed by atoms with van der Waals surface area (Å²) in [5.41, 5.74) is 2.01. The van der Waals surface area contributed by atoms with Crippen LogP contribution in [-0.2, 0) is 34.2 Å². The van der Waals surface area contributed by atoms with Crippen LogP contribution in [0.2, 0.25) is 0 Å². The van der Waals surface area contributed by atoms with E-state index in [-0.39, 0.29) is 36.2 Å². The van der Waals surface area contributed by atoms with E-state index in [1.165, 1.54) is 19.2 Å². The monoisotopic (exact) mass is 429 g/mol. The van der Waals surface area contributed by atoms with Crippen LogP contribution in [0, 0.1) is 11.7 Å². The molecular formula is C24H32FN3O3. The lowest BCUT2D eigenvalue weighted by molar-refractivity contribution is -0.138. The summed E-state index contributed by atoms with van der Waals surface area (Å²) < 4.78 is 20.3. The number of aromatic nitrogens is 1. The summed E-state index contributed by atoms with van der Waals surface area (Å²) in [6.45, 7) is 1.40. The van der Waals surface area contributed by atoms with E-state index in [0.29, 0.717) is 25.9 Å². The van der Waals surface area contributed by atoms with Crippen LogP contribution >= 0.6 is 0 Å². The third-order valence-electron chi connectivity index (χ3n) is 6.20.